The fraction of sp³-hybridized carbons (Fsp3) is 0.375. The van der Waals surface area contributed by atoms with Crippen LogP contribution in [-0.2, 0) is 16.0 Å². The van der Waals surface area contributed by atoms with E-state index in [1.165, 1.54) is 41.5 Å². The van der Waals surface area contributed by atoms with Crippen LogP contribution in [-0.4, -0.2) is 63.1 Å². The molecule has 1 N–H and O–H groups in total. The first-order valence-corrected chi connectivity index (χ1v) is 12.2. The number of amides is 1. The van der Waals surface area contributed by atoms with Crippen molar-refractivity contribution < 1.29 is 23.8 Å². The van der Waals surface area contributed by atoms with Crippen molar-refractivity contribution >= 4 is 23.2 Å². The molecular formula is C24H24FN5O5S. The summed E-state index contributed by atoms with van der Waals surface area (Å²) in [7, 11) is 3.08. The van der Waals surface area contributed by atoms with Gasteiger partial charge in [0.1, 0.15) is 16.5 Å². The molecule has 0 bridgehead atoms. The molecule has 5 rings (SSSR count). The molecule has 1 amide bonds. The number of benzene rings is 1. The molecule has 0 unspecified atom stereocenters. The molecule has 2 aromatic heterocycles. The quantitative estimate of drug-likeness (QED) is 0.516. The minimum Gasteiger partial charge on any atom is -0.502 e. The third-order valence-corrected chi connectivity index (χ3v) is 7.96. The van der Waals surface area contributed by atoms with E-state index < -0.39 is 22.7 Å². The van der Waals surface area contributed by atoms with Gasteiger partial charge in [-0.05, 0) is 24.6 Å². The van der Waals surface area contributed by atoms with Gasteiger partial charge in [0.05, 0.1) is 18.6 Å². The van der Waals surface area contributed by atoms with Crippen LogP contribution in [0.3, 0.4) is 0 Å². The Hall–Kier alpha value is -3.80. The summed E-state index contributed by atoms with van der Waals surface area (Å²) in [6.07, 6.45) is 2.60. The molecule has 188 valence electrons. The summed E-state index contributed by atoms with van der Waals surface area (Å²) in [6.45, 7) is 2.14. The van der Waals surface area contributed by atoms with Crippen LogP contribution in [0.25, 0.3) is 10.6 Å². The molecule has 1 aliphatic heterocycles. The highest BCUT2D eigenvalue weighted by Gasteiger charge is 2.59. The molecule has 0 radical (unpaired) electrons. The Balaban J connectivity index is 1.53. The number of nitrogens with zero attached hydrogens (tertiary/aromatic N) is 5. The van der Waals surface area contributed by atoms with Crippen molar-refractivity contribution in [3.8, 4) is 16.3 Å². The van der Waals surface area contributed by atoms with Gasteiger partial charge in [0, 0.05) is 39.1 Å². The summed E-state index contributed by atoms with van der Waals surface area (Å²) in [4.78, 5) is 40.2. The van der Waals surface area contributed by atoms with Crippen LogP contribution in [0.1, 0.15) is 40.8 Å². The zero-order valence-electron chi connectivity index (χ0n) is 19.9. The van der Waals surface area contributed by atoms with E-state index in [4.69, 9.17) is 4.74 Å². The second-order valence-electron chi connectivity index (χ2n) is 8.90. The van der Waals surface area contributed by atoms with Crippen molar-refractivity contribution in [2.45, 2.75) is 31.8 Å². The Morgan fingerprint density at radius 3 is 2.58 bits per heavy atom. The van der Waals surface area contributed by atoms with Crippen molar-refractivity contribution in [3.63, 3.8) is 0 Å². The Kier molecular flexibility index (Phi) is 5.78. The van der Waals surface area contributed by atoms with E-state index in [2.05, 4.69) is 10.2 Å². The topological polar surface area (TPSA) is 118 Å². The van der Waals surface area contributed by atoms with Crippen LogP contribution >= 0.6 is 11.3 Å². The summed E-state index contributed by atoms with van der Waals surface area (Å²) in [6, 6.07) is 6.02. The highest BCUT2D eigenvalue weighted by Crippen LogP contribution is 2.47. The summed E-state index contributed by atoms with van der Waals surface area (Å²) < 4.78 is 19.5. The van der Waals surface area contributed by atoms with Gasteiger partial charge >= 0.3 is 5.97 Å². The molecule has 3 heterocycles. The van der Waals surface area contributed by atoms with Crippen LogP contribution in [0.4, 0.5) is 4.39 Å². The van der Waals surface area contributed by atoms with Gasteiger partial charge < -0.3 is 14.7 Å². The largest absolute Gasteiger partial charge is 0.502 e. The van der Waals surface area contributed by atoms with E-state index in [9.17, 15) is 23.9 Å². The van der Waals surface area contributed by atoms with E-state index >= 15 is 0 Å². The maximum absolute atomic E-state index is 13.4. The lowest BCUT2D eigenvalue weighted by Crippen LogP contribution is -2.74. The lowest BCUT2D eigenvalue weighted by Gasteiger charge is -2.60. The fourth-order valence-corrected chi connectivity index (χ4v) is 5.95. The van der Waals surface area contributed by atoms with Gasteiger partial charge in [-0.25, -0.2) is 4.39 Å². The average molecular weight is 514 g/mol. The van der Waals surface area contributed by atoms with E-state index in [0.717, 1.165) is 5.56 Å². The molecule has 10 nitrogen and oxygen atoms in total. The van der Waals surface area contributed by atoms with Gasteiger partial charge in [0.2, 0.25) is 5.43 Å². The van der Waals surface area contributed by atoms with Gasteiger partial charge in [0.15, 0.2) is 16.5 Å². The van der Waals surface area contributed by atoms with Crippen LogP contribution in [0.5, 0.6) is 5.75 Å². The molecule has 1 aromatic carbocycles. The number of aromatic hydroxyl groups is 1. The van der Waals surface area contributed by atoms with Gasteiger partial charge in [-0.3, -0.25) is 24.1 Å². The Bertz CT molecular complexity index is 1410. The van der Waals surface area contributed by atoms with Gasteiger partial charge in [-0.2, -0.15) is 0 Å². The first-order valence-electron chi connectivity index (χ1n) is 11.4. The summed E-state index contributed by atoms with van der Waals surface area (Å²) in [5.41, 5.74) is -0.730. The maximum Gasteiger partial charge on any atom is 0.308 e. The molecule has 36 heavy (non-hydrogen) atoms. The molecule has 0 saturated heterocycles. The normalized spacial score (nSPS) is 20.9. The predicted octanol–water partition coefficient (Wildman–Crippen LogP) is 2.13. The lowest BCUT2D eigenvalue weighted by atomic mass is 9.72. The number of hydrogen-bond donors (Lipinski definition) is 1. The third-order valence-electron chi connectivity index (χ3n) is 7.00. The van der Waals surface area contributed by atoms with Crippen LogP contribution < -0.4 is 10.4 Å². The molecule has 1 fully saturated rings. The van der Waals surface area contributed by atoms with Gasteiger partial charge in [-0.15, -0.1) is 10.2 Å². The number of hydrogen-bond acceptors (Lipinski definition) is 9. The first kappa shape index (κ1) is 23.9. The highest BCUT2D eigenvalue weighted by atomic mass is 32.1. The summed E-state index contributed by atoms with van der Waals surface area (Å²) >= 11 is 1.18. The minimum atomic E-state index is -0.800. The van der Waals surface area contributed by atoms with Crippen LogP contribution in [0, 0.1) is 11.7 Å². The minimum absolute atomic E-state index is 0.0997. The van der Waals surface area contributed by atoms with E-state index in [1.54, 1.807) is 29.1 Å². The van der Waals surface area contributed by atoms with Gasteiger partial charge in [0.25, 0.3) is 5.91 Å². The molecule has 1 saturated carbocycles. The Labute approximate surface area is 209 Å². The van der Waals surface area contributed by atoms with Crippen molar-refractivity contribution in [3.05, 3.63) is 62.8 Å². The number of carbonyl (C=O) groups is 2. The average Bonchev–Trinajstić information content (AvgIpc) is 3.30. The predicted molar refractivity (Wildman–Crippen MR) is 129 cm³/mol. The van der Waals surface area contributed by atoms with Crippen LogP contribution in [0.2, 0.25) is 0 Å². The van der Waals surface area contributed by atoms with Crippen molar-refractivity contribution in [1.29, 1.82) is 0 Å². The Morgan fingerprint density at radius 1 is 1.25 bits per heavy atom. The number of carbonyl (C=O) groups excluding carboxylic acids is 2. The Morgan fingerprint density at radius 2 is 1.94 bits per heavy atom. The van der Waals surface area contributed by atoms with Crippen molar-refractivity contribution in [1.82, 2.24) is 19.8 Å². The second-order valence-corrected chi connectivity index (χ2v) is 9.96. The molecule has 1 spiro atoms. The number of esters is 1. The zero-order valence-corrected chi connectivity index (χ0v) is 20.7. The number of fused-ring (bicyclic) bond motifs is 1. The van der Waals surface area contributed by atoms with Crippen molar-refractivity contribution in [2.24, 2.45) is 5.92 Å². The SMILES string of the molecule is CCN1C(=O)c2c(O)c(=O)c(-c3nnc(Cc4ccc(F)cc4)s3)cn2N(C)C12CC(C(=O)OC)C2. The first-order chi connectivity index (χ1) is 17.2. The zero-order chi connectivity index (χ0) is 25.8. The third kappa shape index (κ3) is 3.55. The summed E-state index contributed by atoms with van der Waals surface area (Å²) in [5.74, 6) is -2.19. The second kappa shape index (κ2) is 8.70. The summed E-state index contributed by atoms with van der Waals surface area (Å²) in [5, 5.41) is 21.8. The number of pyridine rings is 1. The molecule has 2 aliphatic rings. The lowest BCUT2D eigenvalue weighted by molar-refractivity contribution is -0.155. The number of methoxy groups -OCH3 is 1. The van der Waals surface area contributed by atoms with Crippen LogP contribution in [0.15, 0.2) is 35.3 Å². The van der Waals surface area contributed by atoms with E-state index in [1.807, 2.05) is 6.92 Å². The maximum atomic E-state index is 13.4. The molecule has 1 aliphatic carbocycles. The fourth-order valence-electron chi connectivity index (χ4n) is 5.07. The number of rotatable bonds is 5. The smallest absolute Gasteiger partial charge is 0.308 e. The van der Waals surface area contributed by atoms with Crippen molar-refractivity contribution in [2.75, 3.05) is 25.7 Å². The van der Waals surface area contributed by atoms with Gasteiger partial charge in [-0.1, -0.05) is 23.5 Å². The molecule has 0 atom stereocenters. The monoisotopic (exact) mass is 513 g/mol. The van der Waals surface area contributed by atoms with E-state index in [-0.39, 0.29) is 34.0 Å². The number of ether oxygens (including phenoxy) is 1. The standard InChI is InChI=1S/C24H24FN5O5S/c1-4-29-22(33)18-20(32)19(31)16(12-30(18)28(2)24(29)10-14(11-24)23(34)35-3)21-27-26-17(36-21)9-13-5-7-15(25)8-6-13/h5-8,12,14,32H,4,9-11H2,1-3H3. The highest BCUT2D eigenvalue weighted by molar-refractivity contribution is 7.14. The molecule has 12 heteroatoms. The number of aromatic nitrogens is 3. The molecule has 3 aromatic rings. The van der Waals surface area contributed by atoms with E-state index in [0.29, 0.717) is 30.8 Å². The molecular weight excluding hydrogens is 489 g/mol. The number of halogens is 1.